The first-order valence-electron chi connectivity index (χ1n) is 7.65. The Morgan fingerprint density at radius 1 is 1.04 bits per heavy atom. The standard InChI is InChI=1S/C19H17FNO2.BrH/c1-21-9-8-14-10-18-19(23-12-22-18)11-16(14)17(21)7-4-13-2-5-15(20)6-3-13;/h2-7,10-11H,8-9,12H2,1H3;1H/q+1;/p-1. The molecule has 0 radical (unpaired) electrons. The van der Waals surface area contributed by atoms with Crippen molar-refractivity contribution in [2.45, 2.75) is 6.42 Å². The third-order valence-corrected chi connectivity index (χ3v) is 4.31. The Bertz CT molecular complexity index is 828. The molecule has 2 aromatic rings. The van der Waals surface area contributed by atoms with E-state index in [1.54, 1.807) is 12.1 Å². The highest BCUT2D eigenvalue weighted by Crippen LogP contribution is 2.36. The fraction of sp³-hybridized carbons (Fsp3) is 0.211. The largest absolute Gasteiger partial charge is 1.00 e. The van der Waals surface area contributed by atoms with Gasteiger partial charge in [-0.25, -0.2) is 8.97 Å². The van der Waals surface area contributed by atoms with Crippen molar-refractivity contribution in [1.29, 1.82) is 0 Å². The molecule has 0 N–H and O–H groups in total. The molecular formula is C19H17BrFNO2. The second-order valence-corrected chi connectivity index (χ2v) is 5.80. The maximum Gasteiger partial charge on any atom is 0.231 e. The maximum atomic E-state index is 13.0. The van der Waals surface area contributed by atoms with Gasteiger partial charge in [0.15, 0.2) is 11.5 Å². The third-order valence-electron chi connectivity index (χ3n) is 4.31. The molecule has 24 heavy (non-hydrogen) atoms. The first kappa shape index (κ1) is 16.7. The van der Waals surface area contributed by atoms with Crippen LogP contribution in [0.4, 0.5) is 4.39 Å². The van der Waals surface area contributed by atoms with Crippen LogP contribution < -0.4 is 26.5 Å². The second-order valence-electron chi connectivity index (χ2n) is 5.80. The van der Waals surface area contributed by atoms with Gasteiger partial charge in [0.1, 0.15) is 19.4 Å². The van der Waals surface area contributed by atoms with E-state index in [9.17, 15) is 4.39 Å². The molecular weight excluding hydrogens is 373 g/mol. The average molecular weight is 390 g/mol. The Balaban J connectivity index is 0.00000169. The molecule has 0 fully saturated rings. The number of benzene rings is 2. The number of ether oxygens (including phenoxy) is 2. The molecule has 0 aliphatic carbocycles. The number of fused-ring (bicyclic) bond motifs is 2. The molecule has 2 aromatic carbocycles. The minimum atomic E-state index is -0.220. The first-order chi connectivity index (χ1) is 11.2. The number of allylic oxidation sites excluding steroid dienone is 1. The van der Waals surface area contributed by atoms with Gasteiger partial charge in [-0.1, -0.05) is 12.1 Å². The van der Waals surface area contributed by atoms with Gasteiger partial charge in [-0.3, -0.25) is 0 Å². The van der Waals surface area contributed by atoms with Gasteiger partial charge >= 0.3 is 0 Å². The summed E-state index contributed by atoms with van der Waals surface area (Å²) in [7, 11) is 2.08. The zero-order valence-electron chi connectivity index (χ0n) is 13.3. The second kappa shape index (κ2) is 6.77. The lowest BCUT2D eigenvalue weighted by atomic mass is 9.95. The van der Waals surface area contributed by atoms with Crippen LogP contribution in [0.5, 0.6) is 11.5 Å². The zero-order valence-corrected chi connectivity index (χ0v) is 14.8. The molecule has 124 valence electrons. The molecule has 0 amide bonds. The van der Waals surface area contributed by atoms with Crippen LogP contribution in [-0.4, -0.2) is 30.7 Å². The van der Waals surface area contributed by atoms with Gasteiger partial charge < -0.3 is 26.5 Å². The van der Waals surface area contributed by atoms with E-state index in [1.807, 2.05) is 6.08 Å². The first-order valence-corrected chi connectivity index (χ1v) is 7.65. The zero-order chi connectivity index (χ0) is 15.8. The maximum absolute atomic E-state index is 13.0. The van der Waals surface area contributed by atoms with Gasteiger partial charge in [0.25, 0.3) is 0 Å². The molecule has 0 unspecified atom stereocenters. The van der Waals surface area contributed by atoms with Gasteiger partial charge in [0, 0.05) is 12.5 Å². The fourth-order valence-electron chi connectivity index (χ4n) is 3.01. The van der Waals surface area contributed by atoms with Crippen LogP contribution in [0, 0.1) is 5.82 Å². The van der Waals surface area contributed by atoms with Crippen LogP contribution >= 0.6 is 0 Å². The molecule has 0 atom stereocenters. The van der Waals surface area contributed by atoms with E-state index in [-0.39, 0.29) is 29.6 Å². The minimum Gasteiger partial charge on any atom is -1.00 e. The van der Waals surface area contributed by atoms with Gasteiger partial charge in [-0.15, -0.1) is 0 Å². The number of nitrogens with zero attached hydrogens (tertiary/aromatic N) is 1. The van der Waals surface area contributed by atoms with E-state index in [0.29, 0.717) is 0 Å². The van der Waals surface area contributed by atoms with Crippen LogP contribution in [-0.2, 0) is 6.42 Å². The van der Waals surface area contributed by atoms with E-state index >= 15 is 0 Å². The Morgan fingerprint density at radius 3 is 2.50 bits per heavy atom. The summed E-state index contributed by atoms with van der Waals surface area (Å²) in [6.45, 7) is 1.24. The average Bonchev–Trinajstić information content (AvgIpc) is 3.01. The van der Waals surface area contributed by atoms with E-state index in [1.165, 1.54) is 23.3 Å². The van der Waals surface area contributed by atoms with Crippen molar-refractivity contribution in [3.63, 3.8) is 0 Å². The third kappa shape index (κ3) is 3.08. The van der Waals surface area contributed by atoms with Crippen LogP contribution in [0.25, 0.3) is 6.08 Å². The normalized spacial score (nSPS) is 15.4. The molecule has 0 saturated heterocycles. The van der Waals surface area contributed by atoms with Crippen molar-refractivity contribution in [2.75, 3.05) is 20.4 Å². The van der Waals surface area contributed by atoms with E-state index in [4.69, 9.17) is 9.47 Å². The Hall–Kier alpha value is -2.14. The van der Waals surface area contributed by atoms with Gasteiger partial charge in [0.05, 0.1) is 5.56 Å². The summed E-state index contributed by atoms with van der Waals surface area (Å²) in [6, 6.07) is 10.6. The van der Waals surface area contributed by atoms with Crippen LogP contribution in [0.3, 0.4) is 0 Å². The summed E-state index contributed by atoms with van der Waals surface area (Å²) >= 11 is 0. The monoisotopic (exact) mass is 389 g/mol. The molecule has 3 nitrogen and oxygen atoms in total. The van der Waals surface area contributed by atoms with Crippen molar-refractivity contribution in [1.82, 2.24) is 0 Å². The predicted molar refractivity (Wildman–Crippen MR) is 86.9 cm³/mol. The summed E-state index contributed by atoms with van der Waals surface area (Å²) in [6.07, 6.45) is 5.06. The van der Waals surface area contributed by atoms with Crippen molar-refractivity contribution in [3.8, 4) is 11.5 Å². The Morgan fingerprint density at radius 2 is 1.75 bits per heavy atom. The van der Waals surface area contributed by atoms with Crippen LogP contribution in [0.15, 0.2) is 42.5 Å². The van der Waals surface area contributed by atoms with Crippen molar-refractivity contribution < 1.29 is 35.4 Å². The Kier molecular flexibility index (Phi) is 4.71. The molecule has 4 rings (SSSR count). The molecule has 0 spiro atoms. The van der Waals surface area contributed by atoms with Crippen LogP contribution in [0.2, 0.25) is 0 Å². The lowest BCUT2D eigenvalue weighted by molar-refractivity contribution is -0.497. The highest BCUT2D eigenvalue weighted by atomic mass is 79.9. The van der Waals surface area contributed by atoms with Crippen molar-refractivity contribution in [3.05, 3.63) is 65.0 Å². The lowest BCUT2D eigenvalue weighted by Gasteiger charge is -2.15. The van der Waals surface area contributed by atoms with Crippen molar-refractivity contribution >= 4 is 11.8 Å². The molecule has 0 aromatic heterocycles. The SMILES string of the molecule is C[N+]1=C(C=Cc2ccc(F)cc2)c2cc3c(cc2CC1)OCO3.[Br-]. The fourth-order valence-corrected chi connectivity index (χ4v) is 3.01. The van der Waals surface area contributed by atoms with Crippen LogP contribution in [0.1, 0.15) is 16.7 Å². The highest BCUT2D eigenvalue weighted by Gasteiger charge is 2.26. The van der Waals surface area contributed by atoms with Crippen molar-refractivity contribution in [2.24, 2.45) is 0 Å². The molecule has 5 heteroatoms. The number of rotatable bonds is 2. The topological polar surface area (TPSA) is 21.5 Å². The molecule has 2 aliphatic rings. The molecule has 0 saturated carbocycles. The lowest BCUT2D eigenvalue weighted by Crippen LogP contribution is -3.00. The summed E-state index contributed by atoms with van der Waals surface area (Å²) in [5, 5.41) is 0. The van der Waals surface area contributed by atoms with Gasteiger partial charge in [-0.2, -0.15) is 0 Å². The molecule has 0 bridgehead atoms. The van der Waals surface area contributed by atoms with E-state index in [0.717, 1.165) is 35.7 Å². The molecule has 2 heterocycles. The number of likely N-dealkylation sites (N-methyl/N-ethyl adjacent to an activating group) is 1. The summed E-state index contributed by atoms with van der Waals surface area (Å²) in [4.78, 5) is 0. The molecule has 2 aliphatic heterocycles. The van der Waals surface area contributed by atoms with Gasteiger partial charge in [0.2, 0.25) is 12.5 Å². The van der Waals surface area contributed by atoms with Gasteiger partial charge in [-0.05, 0) is 41.5 Å². The van der Waals surface area contributed by atoms with E-state index < -0.39 is 0 Å². The quantitative estimate of drug-likeness (QED) is 0.687. The number of hydrogen-bond acceptors (Lipinski definition) is 2. The summed E-state index contributed by atoms with van der Waals surface area (Å²) in [5.41, 5.74) is 4.54. The van der Waals surface area contributed by atoms with E-state index in [2.05, 4.69) is 29.8 Å². The highest BCUT2D eigenvalue weighted by molar-refractivity contribution is 6.09. The minimum absolute atomic E-state index is 0. The smallest absolute Gasteiger partial charge is 0.231 e. The Labute approximate surface area is 150 Å². The summed E-state index contributed by atoms with van der Waals surface area (Å²) < 4.78 is 26.2. The number of hydrogen-bond donors (Lipinski definition) is 0. The number of halogens is 2. The predicted octanol–water partition coefficient (Wildman–Crippen LogP) is 0.259. The summed E-state index contributed by atoms with van der Waals surface area (Å²) in [5.74, 6) is 1.41.